The third-order valence-corrected chi connectivity index (χ3v) is 6.49. The van der Waals surface area contributed by atoms with E-state index < -0.39 is 0 Å². The molecule has 5 rings (SSSR count). The minimum atomic E-state index is -0.363. The van der Waals surface area contributed by atoms with E-state index >= 15 is 0 Å². The third-order valence-electron chi connectivity index (χ3n) is 6.27. The summed E-state index contributed by atoms with van der Waals surface area (Å²) in [5.41, 5.74) is 2.38. The van der Waals surface area contributed by atoms with Gasteiger partial charge < -0.3 is 9.84 Å². The SMILES string of the molecule is Cc1nnc(C)n1-c1ccc(O[C@H]2c3cc(Cl)cc(F)c3C[C@@H]2N2CCC(O)C2)cc1. The van der Waals surface area contributed by atoms with Crippen molar-refractivity contribution >= 4 is 11.6 Å². The third kappa shape index (κ3) is 3.71. The molecular weight excluding hydrogens is 419 g/mol. The zero-order valence-electron chi connectivity index (χ0n) is 17.4. The first-order valence-electron chi connectivity index (χ1n) is 10.5. The van der Waals surface area contributed by atoms with Gasteiger partial charge in [0.2, 0.25) is 0 Å². The fraction of sp³-hybridized carbons (Fsp3) is 0.391. The van der Waals surface area contributed by atoms with Crippen molar-refractivity contribution in [3.05, 3.63) is 70.0 Å². The van der Waals surface area contributed by atoms with E-state index in [1.165, 1.54) is 6.07 Å². The second-order valence-electron chi connectivity index (χ2n) is 8.33. The first-order valence-corrected chi connectivity index (χ1v) is 10.8. The first kappa shape index (κ1) is 20.4. The summed E-state index contributed by atoms with van der Waals surface area (Å²) in [5.74, 6) is 2.02. The van der Waals surface area contributed by atoms with Gasteiger partial charge in [-0.2, -0.15) is 0 Å². The summed E-state index contributed by atoms with van der Waals surface area (Å²) in [6, 6.07) is 10.8. The Bertz CT molecular complexity index is 1100. The first-order chi connectivity index (χ1) is 14.9. The summed E-state index contributed by atoms with van der Waals surface area (Å²) in [7, 11) is 0. The fourth-order valence-corrected chi connectivity index (χ4v) is 5.02. The van der Waals surface area contributed by atoms with Crippen molar-refractivity contribution in [3.8, 4) is 11.4 Å². The number of nitrogens with zero attached hydrogens (tertiary/aromatic N) is 4. The molecule has 0 spiro atoms. The number of aliphatic hydroxyl groups is 1. The average molecular weight is 443 g/mol. The molecule has 1 aliphatic carbocycles. The molecular formula is C23H24ClFN4O2. The van der Waals surface area contributed by atoms with Gasteiger partial charge in [0.05, 0.1) is 12.1 Å². The molecule has 0 saturated carbocycles. The number of rotatable bonds is 4. The van der Waals surface area contributed by atoms with Crippen LogP contribution in [0.1, 0.15) is 35.3 Å². The molecule has 0 amide bonds. The van der Waals surface area contributed by atoms with E-state index in [2.05, 4.69) is 15.1 Å². The van der Waals surface area contributed by atoms with Crippen LogP contribution >= 0.6 is 11.6 Å². The number of fused-ring (bicyclic) bond motifs is 1. The topological polar surface area (TPSA) is 63.4 Å². The molecule has 2 heterocycles. The second kappa shape index (κ2) is 7.89. The van der Waals surface area contributed by atoms with Crippen LogP contribution in [0.4, 0.5) is 4.39 Å². The Morgan fingerprint density at radius 1 is 1.13 bits per heavy atom. The highest BCUT2D eigenvalue weighted by atomic mass is 35.5. The van der Waals surface area contributed by atoms with Gasteiger partial charge in [0.15, 0.2) is 0 Å². The Balaban J connectivity index is 1.46. The zero-order chi connectivity index (χ0) is 21.7. The lowest BCUT2D eigenvalue weighted by Crippen LogP contribution is -2.39. The molecule has 162 valence electrons. The highest BCUT2D eigenvalue weighted by molar-refractivity contribution is 6.30. The molecule has 0 radical (unpaired) electrons. The summed E-state index contributed by atoms with van der Waals surface area (Å²) in [4.78, 5) is 2.20. The van der Waals surface area contributed by atoms with Crippen LogP contribution in [0.3, 0.4) is 0 Å². The Morgan fingerprint density at radius 3 is 2.48 bits per heavy atom. The molecule has 1 aliphatic heterocycles. The van der Waals surface area contributed by atoms with Crippen LogP contribution in [0, 0.1) is 19.7 Å². The predicted molar refractivity (Wildman–Crippen MR) is 115 cm³/mol. The number of halogens is 2. The van der Waals surface area contributed by atoms with Gasteiger partial charge in [-0.25, -0.2) is 4.39 Å². The smallest absolute Gasteiger partial charge is 0.140 e. The number of aromatic nitrogens is 3. The van der Waals surface area contributed by atoms with Gasteiger partial charge in [-0.15, -0.1) is 10.2 Å². The molecule has 0 bridgehead atoms. The molecule has 3 aromatic rings. The van der Waals surface area contributed by atoms with Crippen molar-refractivity contribution in [3.63, 3.8) is 0 Å². The Labute approximate surface area is 185 Å². The Hall–Kier alpha value is -2.48. The van der Waals surface area contributed by atoms with Crippen LogP contribution in [0.25, 0.3) is 5.69 Å². The number of benzene rings is 2. The molecule has 6 nitrogen and oxygen atoms in total. The van der Waals surface area contributed by atoms with Gasteiger partial charge >= 0.3 is 0 Å². The summed E-state index contributed by atoms with van der Waals surface area (Å²) in [5, 5.41) is 18.6. The van der Waals surface area contributed by atoms with E-state index in [1.807, 2.05) is 42.7 Å². The lowest BCUT2D eigenvalue weighted by atomic mass is 10.1. The Morgan fingerprint density at radius 2 is 1.84 bits per heavy atom. The van der Waals surface area contributed by atoms with Gasteiger partial charge in [0.25, 0.3) is 0 Å². The van der Waals surface area contributed by atoms with Crippen LogP contribution in [0.2, 0.25) is 5.02 Å². The zero-order valence-corrected chi connectivity index (χ0v) is 18.2. The van der Waals surface area contributed by atoms with Crippen molar-refractivity contribution in [1.82, 2.24) is 19.7 Å². The van der Waals surface area contributed by atoms with E-state index in [0.717, 1.165) is 35.9 Å². The number of likely N-dealkylation sites (tertiary alicyclic amines) is 1. The van der Waals surface area contributed by atoms with E-state index in [1.54, 1.807) is 6.07 Å². The molecule has 2 aromatic carbocycles. The Kier molecular flexibility index (Phi) is 5.20. The highest BCUT2D eigenvalue weighted by Gasteiger charge is 2.42. The lowest BCUT2D eigenvalue weighted by Gasteiger charge is -2.30. The maximum absolute atomic E-state index is 14.7. The van der Waals surface area contributed by atoms with E-state index in [9.17, 15) is 9.50 Å². The molecule has 2 aliphatic rings. The van der Waals surface area contributed by atoms with Crippen LogP contribution in [-0.4, -0.2) is 50.0 Å². The maximum Gasteiger partial charge on any atom is 0.140 e. The van der Waals surface area contributed by atoms with Crippen LogP contribution in [-0.2, 0) is 6.42 Å². The summed E-state index contributed by atoms with van der Waals surface area (Å²) in [6.45, 7) is 5.15. The lowest BCUT2D eigenvalue weighted by molar-refractivity contribution is 0.0818. The molecule has 1 aromatic heterocycles. The van der Waals surface area contributed by atoms with E-state index in [0.29, 0.717) is 29.3 Å². The van der Waals surface area contributed by atoms with Crippen molar-refractivity contribution < 1.29 is 14.2 Å². The molecule has 3 atom stereocenters. The van der Waals surface area contributed by atoms with E-state index in [-0.39, 0.29) is 24.1 Å². The predicted octanol–water partition coefficient (Wildman–Crippen LogP) is 3.79. The summed E-state index contributed by atoms with van der Waals surface area (Å²) >= 11 is 6.17. The van der Waals surface area contributed by atoms with Crippen LogP contribution < -0.4 is 4.74 Å². The largest absolute Gasteiger partial charge is 0.484 e. The van der Waals surface area contributed by atoms with Gasteiger partial charge in [-0.05, 0) is 68.7 Å². The van der Waals surface area contributed by atoms with Crippen LogP contribution in [0.15, 0.2) is 36.4 Å². The molecule has 8 heteroatoms. The molecule has 1 fully saturated rings. The summed E-state index contributed by atoms with van der Waals surface area (Å²) in [6.07, 6.45) is 0.535. The standard InChI is InChI=1S/C23H24ClFN4O2/c1-13-26-27-14(2)29(13)16-3-5-18(6-4-16)31-23-20-9-15(24)10-21(25)19(20)11-22(23)28-8-7-17(30)12-28/h3-6,9-10,17,22-23,30H,7-8,11-12H2,1-2H3/t17?,22-,23-/m0/s1. The minimum absolute atomic E-state index is 0.0536. The normalized spacial score (nSPS) is 23.3. The van der Waals surface area contributed by atoms with Crippen molar-refractivity contribution in [1.29, 1.82) is 0 Å². The van der Waals surface area contributed by atoms with Gasteiger partial charge in [-0.1, -0.05) is 11.6 Å². The monoisotopic (exact) mass is 442 g/mol. The van der Waals surface area contributed by atoms with Crippen LogP contribution in [0.5, 0.6) is 5.75 Å². The van der Waals surface area contributed by atoms with Crippen molar-refractivity contribution in [2.75, 3.05) is 13.1 Å². The maximum atomic E-state index is 14.7. The van der Waals surface area contributed by atoms with Gasteiger partial charge in [-0.3, -0.25) is 9.47 Å². The fourth-order valence-electron chi connectivity index (χ4n) is 4.81. The van der Waals surface area contributed by atoms with E-state index in [4.69, 9.17) is 16.3 Å². The number of hydrogen-bond donors (Lipinski definition) is 1. The number of aliphatic hydroxyl groups excluding tert-OH is 1. The quantitative estimate of drug-likeness (QED) is 0.666. The number of β-amino-alcohol motifs (C(OH)–C–C–N with tert-alkyl or cyclic N) is 1. The molecule has 31 heavy (non-hydrogen) atoms. The van der Waals surface area contributed by atoms with Crippen molar-refractivity contribution in [2.45, 2.75) is 44.9 Å². The van der Waals surface area contributed by atoms with Gasteiger partial charge in [0, 0.05) is 29.4 Å². The van der Waals surface area contributed by atoms with Crippen molar-refractivity contribution in [2.24, 2.45) is 0 Å². The second-order valence-corrected chi connectivity index (χ2v) is 8.76. The average Bonchev–Trinajstić information content (AvgIpc) is 3.41. The van der Waals surface area contributed by atoms with Gasteiger partial charge in [0.1, 0.15) is 29.3 Å². The number of aryl methyl sites for hydroxylation is 2. The number of hydrogen-bond acceptors (Lipinski definition) is 5. The minimum Gasteiger partial charge on any atom is -0.484 e. The highest BCUT2D eigenvalue weighted by Crippen LogP contribution is 2.41. The molecule has 1 saturated heterocycles. The summed E-state index contributed by atoms with van der Waals surface area (Å²) < 4.78 is 23.1. The molecule has 1 unspecified atom stereocenters. The molecule has 1 N–H and O–H groups in total. The number of ether oxygens (including phenoxy) is 1.